The van der Waals surface area contributed by atoms with Crippen LogP contribution >= 0.6 is 0 Å². The molecule has 4 rings (SSSR count). The average molecular weight is 337 g/mol. The molecular weight excluding hydrogens is 318 g/mol. The lowest BCUT2D eigenvalue weighted by molar-refractivity contribution is -0.141. The molecule has 0 amide bonds. The number of aromatic nitrogens is 4. The van der Waals surface area contributed by atoms with E-state index in [0.717, 1.165) is 17.6 Å². The normalized spacial score (nSPS) is 19.0. The molecule has 0 saturated heterocycles. The fourth-order valence-electron chi connectivity index (χ4n) is 3.47. The molecular formula is C18H19N5O2. The van der Waals surface area contributed by atoms with E-state index in [1.807, 2.05) is 0 Å². The number of carbonyl (C=O) groups is 1. The predicted molar refractivity (Wildman–Crippen MR) is 93.0 cm³/mol. The Hall–Kier alpha value is -2.96. The van der Waals surface area contributed by atoms with Gasteiger partial charge in [-0.25, -0.2) is 14.6 Å². The van der Waals surface area contributed by atoms with Gasteiger partial charge in [-0.2, -0.15) is 5.10 Å². The number of hydrogen-bond acceptors (Lipinski definition) is 6. The van der Waals surface area contributed by atoms with Crippen molar-refractivity contribution in [3.05, 3.63) is 47.9 Å². The van der Waals surface area contributed by atoms with E-state index in [2.05, 4.69) is 51.6 Å². The van der Waals surface area contributed by atoms with Crippen LogP contribution in [0.3, 0.4) is 0 Å². The zero-order valence-electron chi connectivity index (χ0n) is 14.1. The molecule has 2 heterocycles. The number of methoxy groups -OCH3 is 1. The highest BCUT2D eigenvalue weighted by Crippen LogP contribution is 2.38. The van der Waals surface area contributed by atoms with Crippen LogP contribution < -0.4 is 5.32 Å². The van der Waals surface area contributed by atoms with E-state index in [9.17, 15) is 4.79 Å². The molecule has 0 aliphatic heterocycles. The molecule has 25 heavy (non-hydrogen) atoms. The van der Waals surface area contributed by atoms with Crippen LogP contribution in [0.25, 0.3) is 11.0 Å². The zero-order valence-corrected chi connectivity index (χ0v) is 14.1. The number of nitrogens with one attached hydrogen (secondary N) is 1. The van der Waals surface area contributed by atoms with Gasteiger partial charge in [0, 0.05) is 0 Å². The average Bonchev–Trinajstić information content (AvgIpc) is 3.17. The van der Waals surface area contributed by atoms with Crippen molar-refractivity contribution < 1.29 is 9.53 Å². The van der Waals surface area contributed by atoms with E-state index >= 15 is 0 Å². The summed E-state index contributed by atoms with van der Waals surface area (Å²) in [6, 6.07) is 8.68. The van der Waals surface area contributed by atoms with E-state index in [0.29, 0.717) is 11.6 Å². The summed E-state index contributed by atoms with van der Waals surface area (Å²) in [5.41, 5.74) is 3.30. The van der Waals surface area contributed by atoms with Crippen LogP contribution in [0.2, 0.25) is 0 Å². The van der Waals surface area contributed by atoms with Crippen molar-refractivity contribution >= 4 is 22.8 Å². The number of rotatable bonds is 4. The molecule has 128 valence electrons. The molecule has 0 saturated carbocycles. The Bertz CT molecular complexity index is 936. The second-order valence-corrected chi connectivity index (χ2v) is 6.34. The highest BCUT2D eigenvalue weighted by Gasteiger charge is 2.29. The molecule has 7 nitrogen and oxygen atoms in total. The Morgan fingerprint density at radius 2 is 2.20 bits per heavy atom. The largest absolute Gasteiger partial charge is 0.468 e. The number of fused-ring (bicyclic) bond motifs is 2. The third-order valence-electron chi connectivity index (χ3n) is 4.73. The molecule has 1 aliphatic rings. The Morgan fingerprint density at radius 1 is 1.36 bits per heavy atom. The first-order chi connectivity index (χ1) is 12.2. The molecule has 2 unspecified atom stereocenters. The molecule has 1 aromatic carbocycles. The van der Waals surface area contributed by atoms with Crippen LogP contribution in [-0.2, 0) is 22.5 Å². The number of ether oxygens (including phenoxy) is 1. The fourth-order valence-corrected chi connectivity index (χ4v) is 3.47. The number of anilines is 1. The number of carbonyl (C=O) groups excluding carboxylic acids is 1. The van der Waals surface area contributed by atoms with Gasteiger partial charge in [0.15, 0.2) is 5.65 Å². The first-order valence-corrected chi connectivity index (χ1v) is 8.25. The van der Waals surface area contributed by atoms with Gasteiger partial charge in [0.2, 0.25) is 0 Å². The van der Waals surface area contributed by atoms with Gasteiger partial charge in [-0.15, -0.1) is 0 Å². The quantitative estimate of drug-likeness (QED) is 0.736. The maximum atomic E-state index is 11.5. The second kappa shape index (κ2) is 6.16. The van der Waals surface area contributed by atoms with Gasteiger partial charge in [-0.1, -0.05) is 31.2 Å². The van der Waals surface area contributed by atoms with Gasteiger partial charge in [-0.3, -0.25) is 4.79 Å². The fraction of sp³-hybridized carbons (Fsp3) is 0.333. The molecule has 0 fully saturated rings. The Morgan fingerprint density at radius 3 is 3.04 bits per heavy atom. The minimum absolute atomic E-state index is 0.0269. The topological polar surface area (TPSA) is 81.9 Å². The Balaban J connectivity index is 1.68. The van der Waals surface area contributed by atoms with Crippen LogP contribution in [0, 0.1) is 5.92 Å². The first kappa shape index (κ1) is 15.6. The summed E-state index contributed by atoms with van der Waals surface area (Å²) in [4.78, 5) is 20.2. The first-order valence-electron chi connectivity index (χ1n) is 8.25. The Kier molecular flexibility index (Phi) is 3.83. The minimum atomic E-state index is -0.364. The SMILES string of the molecule is COC(=O)Cn1ncc2c(NC3c4ccccc4CC3C)ncnc21. The molecule has 2 aromatic heterocycles. The van der Waals surface area contributed by atoms with E-state index in [1.54, 1.807) is 6.20 Å². The molecule has 0 bridgehead atoms. The van der Waals surface area contributed by atoms with Gasteiger partial charge in [-0.05, 0) is 23.5 Å². The van der Waals surface area contributed by atoms with E-state index in [1.165, 1.54) is 29.2 Å². The van der Waals surface area contributed by atoms with Crippen LogP contribution in [0.5, 0.6) is 0 Å². The van der Waals surface area contributed by atoms with Gasteiger partial charge in [0.1, 0.15) is 18.7 Å². The van der Waals surface area contributed by atoms with Crippen molar-refractivity contribution in [2.75, 3.05) is 12.4 Å². The lowest BCUT2D eigenvalue weighted by Crippen LogP contribution is -2.16. The molecule has 3 aromatic rings. The van der Waals surface area contributed by atoms with Crippen LogP contribution in [0.1, 0.15) is 24.1 Å². The van der Waals surface area contributed by atoms with Crippen molar-refractivity contribution in [2.24, 2.45) is 5.92 Å². The molecule has 1 aliphatic carbocycles. The van der Waals surface area contributed by atoms with E-state index in [-0.39, 0.29) is 18.6 Å². The summed E-state index contributed by atoms with van der Waals surface area (Å²) in [5.74, 6) is 0.832. The van der Waals surface area contributed by atoms with Crippen LogP contribution in [0.15, 0.2) is 36.8 Å². The molecule has 0 radical (unpaired) electrons. The number of benzene rings is 1. The van der Waals surface area contributed by atoms with Crippen LogP contribution in [-0.4, -0.2) is 32.8 Å². The van der Waals surface area contributed by atoms with Gasteiger partial charge in [0.05, 0.1) is 24.7 Å². The molecule has 7 heteroatoms. The van der Waals surface area contributed by atoms with Crippen molar-refractivity contribution in [2.45, 2.75) is 25.9 Å². The van der Waals surface area contributed by atoms with Crippen molar-refractivity contribution in [1.29, 1.82) is 0 Å². The summed E-state index contributed by atoms with van der Waals surface area (Å²) in [5, 5.41) is 8.60. The smallest absolute Gasteiger partial charge is 0.327 e. The highest BCUT2D eigenvalue weighted by molar-refractivity contribution is 5.87. The maximum Gasteiger partial charge on any atom is 0.327 e. The summed E-state index contributed by atoms with van der Waals surface area (Å²) >= 11 is 0. The monoisotopic (exact) mass is 337 g/mol. The third kappa shape index (κ3) is 2.71. The number of esters is 1. The minimum Gasteiger partial charge on any atom is -0.468 e. The second-order valence-electron chi connectivity index (χ2n) is 6.34. The van der Waals surface area contributed by atoms with Gasteiger partial charge >= 0.3 is 5.97 Å². The van der Waals surface area contributed by atoms with Crippen molar-refractivity contribution in [3.63, 3.8) is 0 Å². The summed E-state index contributed by atoms with van der Waals surface area (Å²) in [7, 11) is 1.36. The summed E-state index contributed by atoms with van der Waals surface area (Å²) in [6.07, 6.45) is 4.22. The lowest BCUT2D eigenvalue weighted by Gasteiger charge is -2.19. The Labute approximate surface area is 145 Å². The van der Waals surface area contributed by atoms with Crippen molar-refractivity contribution in [3.8, 4) is 0 Å². The summed E-state index contributed by atoms with van der Waals surface area (Å²) < 4.78 is 6.23. The third-order valence-corrected chi connectivity index (χ3v) is 4.73. The van der Waals surface area contributed by atoms with Gasteiger partial charge in [0.25, 0.3) is 0 Å². The maximum absolute atomic E-state index is 11.5. The van der Waals surface area contributed by atoms with Gasteiger partial charge < -0.3 is 10.1 Å². The number of hydrogen-bond donors (Lipinski definition) is 1. The van der Waals surface area contributed by atoms with E-state index < -0.39 is 0 Å². The van der Waals surface area contributed by atoms with Crippen LogP contribution in [0.4, 0.5) is 5.82 Å². The standard InChI is InChI=1S/C18H19N5O2/c1-11-7-12-5-3-4-6-13(12)16(11)22-17-14-8-21-23(9-15(24)25-2)18(14)20-10-19-17/h3-6,8,10-11,16H,7,9H2,1-2H3,(H,19,20,22). The van der Waals surface area contributed by atoms with Crippen molar-refractivity contribution in [1.82, 2.24) is 19.7 Å². The molecule has 1 N–H and O–H groups in total. The summed E-state index contributed by atoms with van der Waals surface area (Å²) in [6.45, 7) is 2.26. The zero-order chi connectivity index (χ0) is 17.4. The number of nitrogens with zero attached hydrogens (tertiary/aromatic N) is 4. The van der Waals surface area contributed by atoms with E-state index in [4.69, 9.17) is 4.74 Å². The molecule has 2 atom stereocenters. The molecule has 0 spiro atoms. The predicted octanol–water partition coefficient (Wildman–Crippen LogP) is 2.34. The lowest BCUT2D eigenvalue weighted by atomic mass is 10.0. The highest BCUT2D eigenvalue weighted by atomic mass is 16.5.